The third-order valence-corrected chi connectivity index (χ3v) is 4.57. The number of morpholine rings is 1. The topological polar surface area (TPSA) is 67.9 Å². The van der Waals surface area contributed by atoms with Crippen molar-refractivity contribution in [2.75, 3.05) is 32.2 Å². The predicted molar refractivity (Wildman–Crippen MR) is 103 cm³/mol. The second kappa shape index (κ2) is 8.68. The molecule has 0 saturated carbocycles. The maximum Gasteiger partial charge on any atom is 0.254 e. The zero-order chi connectivity index (χ0) is 19.2. The lowest BCUT2D eigenvalue weighted by atomic mass is 10.1. The van der Waals surface area contributed by atoms with E-state index in [1.807, 2.05) is 36.1 Å². The summed E-state index contributed by atoms with van der Waals surface area (Å²) in [5, 5.41) is 2.86. The van der Waals surface area contributed by atoms with Gasteiger partial charge in [-0.2, -0.15) is 0 Å². The predicted octanol–water partition coefficient (Wildman–Crippen LogP) is 2.74. The Morgan fingerprint density at radius 2 is 1.85 bits per heavy atom. The molecular weight excluding hydrogens is 344 g/mol. The number of anilines is 1. The van der Waals surface area contributed by atoms with E-state index in [0.717, 1.165) is 11.3 Å². The quantitative estimate of drug-likeness (QED) is 0.881. The minimum absolute atomic E-state index is 0.0121. The zero-order valence-corrected chi connectivity index (χ0v) is 15.6. The van der Waals surface area contributed by atoms with Crippen molar-refractivity contribution in [3.8, 4) is 5.75 Å². The molecule has 2 aromatic carbocycles. The Hall–Kier alpha value is -2.86. The van der Waals surface area contributed by atoms with Gasteiger partial charge in [-0.05, 0) is 48.9 Å². The average Bonchev–Trinajstić information content (AvgIpc) is 2.69. The first-order valence-electron chi connectivity index (χ1n) is 8.98. The standard InChI is InChI=1S/C21H24N2O4/c1-15-14-27-12-11-23(15)21(25)17-5-7-18(8-6-17)22-20(24)13-16-3-9-19(26-2)10-4-16/h3-10,15H,11-14H2,1-2H3,(H,22,24). The van der Waals surface area contributed by atoms with Crippen LogP contribution in [0.15, 0.2) is 48.5 Å². The molecule has 3 rings (SSSR count). The van der Waals surface area contributed by atoms with E-state index in [4.69, 9.17) is 9.47 Å². The van der Waals surface area contributed by atoms with Crippen molar-refractivity contribution < 1.29 is 19.1 Å². The van der Waals surface area contributed by atoms with E-state index in [9.17, 15) is 9.59 Å². The van der Waals surface area contributed by atoms with Crippen LogP contribution in [0, 0.1) is 0 Å². The molecule has 6 heteroatoms. The summed E-state index contributed by atoms with van der Waals surface area (Å²) in [4.78, 5) is 26.6. The first-order valence-corrected chi connectivity index (χ1v) is 8.98. The molecule has 2 amide bonds. The Kier molecular flexibility index (Phi) is 6.08. The molecule has 1 atom stereocenters. The van der Waals surface area contributed by atoms with Crippen LogP contribution in [0.4, 0.5) is 5.69 Å². The molecule has 142 valence electrons. The number of methoxy groups -OCH3 is 1. The molecule has 0 aromatic heterocycles. The van der Waals surface area contributed by atoms with Crippen molar-refractivity contribution in [3.63, 3.8) is 0 Å². The fourth-order valence-corrected chi connectivity index (χ4v) is 3.02. The molecule has 27 heavy (non-hydrogen) atoms. The van der Waals surface area contributed by atoms with Crippen molar-refractivity contribution in [2.45, 2.75) is 19.4 Å². The van der Waals surface area contributed by atoms with E-state index in [-0.39, 0.29) is 24.3 Å². The number of benzene rings is 2. The van der Waals surface area contributed by atoms with Crippen LogP contribution in [-0.4, -0.2) is 49.6 Å². The molecule has 1 N–H and O–H groups in total. The van der Waals surface area contributed by atoms with E-state index in [2.05, 4.69) is 5.32 Å². The summed E-state index contributed by atoms with van der Waals surface area (Å²) in [5.74, 6) is 0.636. The van der Waals surface area contributed by atoms with Gasteiger partial charge >= 0.3 is 0 Å². The van der Waals surface area contributed by atoms with Crippen molar-refractivity contribution in [2.24, 2.45) is 0 Å². The summed E-state index contributed by atoms with van der Waals surface area (Å²) in [6.45, 7) is 3.70. The molecule has 2 aromatic rings. The van der Waals surface area contributed by atoms with Gasteiger partial charge in [0.25, 0.3) is 5.91 Å². The molecule has 6 nitrogen and oxygen atoms in total. The first-order chi connectivity index (χ1) is 13.1. The van der Waals surface area contributed by atoms with E-state index in [0.29, 0.717) is 31.0 Å². The average molecular weight is 368 g/mol. The highest BCUT2D eigenvalue weighted by Crippen LogP contribution is 2.16. The molecule has 1 aliphatic rings. The van der Waals surface area contributed by atoms with Crippen molar-refractivity contribution >= 4 is 17.5 Å². The number of hydrogen-bond acceptors (Lipinski definition) is 4. The summed E-state index contributed by atoms with van der Waals surface area (Å²) in [5.41, 5.74) is 2.18. The van der Waals surface area contributed by atoms with Gasteiger partial charge in [-0.3, -0.25) is 9.59 Å². The smallest absolute Gasteiger partial charge is 0.254 e. The van der Waals surface area contributed by atoms with Gasteiger partial charge in [-0.25, -0.2) is 0 Å². The van der Waals surface area contributed by atoms with Crippen LogP contribution in [0.25, 0.3) is 0 Å². The lowest BCUT2D eigenvalue weighted by Gasteiger charge is -2.33. The molecule has 0 radical (unpaired) electrons. The fourth-order valence-electron chi connectivity index (χ4n) is 3.02. The minimum atomic E-state index is -0.110. The largest absolute Gasteiger partial charge is 0.497 e. The molecule has 0 aliphatic carbocycles. The lowest BCUT2D eigenvalue weighted by Crippen LogP contribution is -2.47. The molecule has 1 fully saturated rings. The van der Waals surface area contributed by atoms with Crippen LogP contribution < -0.4 is 10.1 Å². The van der Waals surface area contributed by atoms with Gasteiger partial charge in [0.15, 0.2) is 0 Å². The third-order valence-electron chi connectivity index (χ3n) is 4.57. The van der Waals surface area contributed by atoms with E-state index in [1.165, 1.54) is 0 Å². The highest BCUT2D eigenvalue weighted by Gasteiger charge is 2.24. The number of carbonyl (C=O) groups excluding carboxylic acids is 2. The summed E-state index contributed by atoms with van der Waals surface area (Å²) in [7, 11) is 1.61. The molecule has 0 bridgehead atoms. The summed E-state index contributed by atoms with van der Waals surface area (Å²) < 4.78 is 10.5. The Bertz CT molecular complexity index is 787. The Balaban J connectivity index is 1.58. The Morgan fingerprint density at radius 1 is 1.15 bits per heavy atom. The number of rotatable bonds is 5. The molecule has 1 heterocycles. The SMILES string of the molecule is COc1ccc(CC(=O)Nc2ccc(C(=O)N3CCOCC3C)cc2)cc1. The van der Waals surface area contributed by atoms with E-state index < -0.39 is 0 Å². The normalized spacial score (nSPS) is 16.7. The van der Waals surface area contributed by atoms with Crippen molar-refractivity contribution in [1.29, 1.82) is 0 Å². The van der Waals surface area contributed by atoms with Crippen LogP contribution in [0.1, 0.15) is 22.8 Å². The first kappa shape index (κ1) is 18.9. The molecule has 1 unspecified atom stereocenters. The number of amides is 2. The molecule has 1 saturated heterocycles. The number of hydrogen-bond donors (Lipinski definition) is 1. The fraction of sp³-hybridized carbons (Fsp3) is 0.333. The number of nitrogens with zero attached hydrogens (tertiary/aromatic N) is 1. The van der Waals surface area contributed by atoms with Gasteiger partial charge in [0.2, 0.25) is 5.91 Å². The van der Waals surface area contributed by atoms with E-state index in [1.54, 1.807) is 31.4 Å². The lowest BCUT2D eigenvalue weighted by molar-refractivity contribution is -0.115. The molecule has 1 aliphatic heterocycles. The minimum Gasteiger partial charge on any atom is -0.497 e. The van der Waals surface area contributed by atoms with Gasteiger partial charge < -0.3 is 19.7 Å². The Morgan fingerprint density at radius 3 is 2.48 bits per heavy atom. The van der Waals surface area contributed by atoms with Crippen LogP contribution in [-0.2, 0) is 16.0 Å². The summed E-state index contributed by atoms with van der Waals surface area (Å²) in [6, 6.07) is 14.4. The van der Waals surface area contributed by atoms with Gasteiger partial charge in [0, 0.05) is 17.8 Å². The number of nitrogens with one attached hydrogen (secondary N) is 1. The summed E-state index contributed by atoms with van der Waals surface area (Å²) in [6.07, 6.45) is 0.274. The van der Waals surface area contributed by atoms with Crippen molar-refractivity contribution in [1.82, 2.24) is 4.90 Å². The highest BCUT2D eigenvalue weighted by atomic mass is 16.5. The highest BCUT2D eigenvalue weighted by molar-refractivity contribution is 5.96. The van der Waals surface area contributed by atoms with Crippen LogP contribution in [0.3, 0.4) is 0 Å². The van der Waals surface area contributed by atoms with Crippen LogP contribution >= 0.6 is 0 Å². The number of ether oxygens (including phenoxy) is 2. The van der Waals surface area contributed by atoms with E-state index >= 15 is 0 Å². The molecular formula is C21H24N2O4. The van der Waals surface area contributed by atoms with Gasteiger partial charge in [-0.15, -0.1) is 0 Å². The van der Waals surface area contributed by atoms with Gasteiger partial charge in [0.1, 0.15) is 5.75 Å². The summed E-state index contributed by atoms with van der Waals surface area (Å²) >= 11 is 0. The number of carbonyl (C=O) groups is 2. The monoisotopic (exact) mass is 368 g/mol. The maximum atomic E-state index is 12.6. The second-order valence-electron chi connectivity index (χ2n) is 6.57. The second-order valence-corrected chi connectivity index (χ2v) is 6.57. The Labute approximate surface area is 159 Å². The van der Waals surface area contributed by atoms with Gasteiger partial charge in [0.05, 0.1) is 32.8 Å². The van der Waals surface area contributed by atoms with Crippen LogP contribution in [0.5, 0.6) is 5.75 Å². The maximum absolute atomic E-state index is 12.6. The third kappa shape index (κ3) is 4.86. The van der Waals surface area contributed by atoms with Crippen molar-refractivity contribution in [3.05, 3.63) is 59.7 Å². The molecule has 0 spiro atoms. The van der Waals surface area contributed by atoms with Gasteiger partial charge in [-0.1, -0.05) is 12.1 Å². The zero-order valence-electron chi connectivity index (χ0n) is 15.6. The van der Waals surface area contributed by atoms with Crippen LogP contribution in [0.2, 0.25) is 0 Å².